The molecule has 3 rings (SSSR count). The predicted octanol–water partition coefficient (Wildman–Crippen LogP) is 4.78. The molecule has 0 spiro atoms. The fourth-order valence-electron chi connectivity index (χ4n) is 3.89. The molecule has 1 aliphatic heterocycles. The Morgan fingerprint density at radius 2 is 1.92 bits per heavy atom. The predicted molar refractivity (Wildman–Crippen MR) is 98.9 cm³/mol. The Morgan fingerprint density at radius 1 is 1.20 bits per heavy atom. The Kier molecular flexibility index (Phi) is 5.33. The smallest absolute Gasteiger partial charge is 0.163 e. The Bertz CT molecular complexity index is 737. The van der Waals surface area contributed by atoms with Crippen molar-refractivity contribution in [2.45, 2.75) is 58.5 Å². The summed E-state index contributed by atoms with van der Waals surface area (Å²) in [7, 11) is 0. The van der Waals surface area contributed by atoms with Crippen molar-refractivity contribution in [3.63, 3.8) is 0 Å². The molecule has 3 heteroatoms. The van der Waals surface area contributed by atoms with Crippen molar-refractivity contribution in [1.82, 2.24) is 0 Å². The molecule has 0 bridgehead atoms. The van der Waals surface area contributed by atoms with Crippen LogP contribution >= 0.6 is 0 Å². The van der Waals surface area contributed by atoms with Crippen LogP contribution in [-0.4, -0.2) is 24.3 Å². The number of hydrogen-bond donors (Lipinski definition) is 0. The third-order valence-corrected chi connectivity index (χ3v) is 5.35. The van der Waals surface area contributed by atoms with E-state index in [1.165, 1.54) is 5.56 Å². The van der Waals surface area contributed by atoms with Crippen molar-refractivity contribution in [2.24, 2.45) is 0 Å². The number of ketones is 2. The van der Waals surface area contributed by atoms with E-state index in [9.17, 15) is 9.59 Å². The molecule has 2 atom stereocenters. The van der Waals surface area contributed by atoms with E-state index in [4.69, 9.17) is 4.74 Å². The van der Waals surface area contributed by atoms with E-state index in [-0.39, 0.29) is 17.7 Å². The summed E-state index contributed by atoms with van der Waals surface area (Å²) in [6.45, 7) is 6.84. The fraction of sp³-hybridized carbons (Fsp3) is 0.455. The van der Waals surface area contributed by atoms with Gasteiger partial charge in [-0.05, 0) is 50.3 Å². The van der Waals surface area contributed by atoms with Crippen molar-refractivity contribution >= 4 is 11.6 Å². The molecule has 1 saturated heterocycles. The van der Waals surface area contributed by atoms with Crippen LogP contribution in [0.3, 0.4) is 0 Å². The van der Waals surface area contributed by atoms with Gasteiger partial charge < -0.3 is 4.74 Å². The number of rotatable bonds is 5. The minimum absolute atomic E-state index is 0.0987. The molecule has 2 unspecified atom stereocenters. The molecule has 0 N–H and O–H groups in total. The van der Waals surface area contributed by atoms with Gasteiger partial charge in [-0.3, -0.25) is 9.59 Å². The van der Waals surface area contributed by atoms with E-state index in [1.54, 1.807) is 0 Å². The van der Waals surface area contributed by atoms with Crippen LogP contribution in [0.2, 0.25) is 0 Å². The van der Waals surface area contributed by atoms with Crippen LogP contribution in [0, 0.1) is 0 Å². The van der Waals surface area contributed by atoms with Crippen LogP contribution in [0.1, 0.15) is 68.3 Å². The maximum Gasteiger partial charge on any atom is 0.163 e. The van der Waals surface area contributed by atoms with E-state index >= 15 is 0 Å². The lowest BCUT2D eigenvalue weighted by Crippen LogP contribution is -2.12. The number of benzene rings is 1. The molecule has 1 aliphatic carbocycles. The Balaban J connectivity index is 1.64. The number of hydrogen-bond acceptors (Lipinski definition) is 3. The van der Waals surface area contributed by atoms with Crippen LogP contribution in [0.15, 0.2) is 47.1 Å². The highest BCUT2D eigenvalue weighted by Crippen LogP contribution is 2.31. The Labute approximate surface area is 149 Å². The Morgan fingerprint density at radius 3 is 2.52 bits per heavy atom. The number of allylic oxidation sites excluding steroid dienone is 4. The molecule has 0 amide bonds. The zero-order valence-electron chi connectivity index (χ0n) is 15.3. The summed E-state index contributed by atoms with van der Waals surface area (Å²) in [4.78, 5) is 24.7. The van der Waals surface area contributed by atoms with Gasteiger partial charge in [-0.1, -0.05) is 35.9 Å². The summed E-state index contributed by atoms with van der Waals surface area (Å²) in [5.41, 5.74) is 4.88. The summed E-state index contributed by atoms with van der Waals surface area (Å²) in [6, 6.07) is 7.92. The van der Waals surface area contributed by atoms with Crippen molar-refractivity contribution < 1.29 is 14.3 Å². The SMILES string of the molecule is CC1=CC(C)=C(CCC(=O)c2ccc(C3CCOC3C)cc2)C(=O)C1. The van der Waals surface area contributed by atoms with Crippen molar-refractivity contribution in [3.8, 4) is 0 Å². The molecule has 1 fully saturated rings. The zero-order chi connectivity index (χ0) is 18.0. The monoisotopic (exact) mass is 338 g/mol. The highest BCUT2D eigenvalue weighted by atomic mass is 16.5. The summed E-state index contributed by atoms with van der Waals surface area (Å²) < 4.78 is 5.62. The van der Waals surface area contributed by atoms with Gasteiger partial charge in [0.15, 0.2) is 11.6 Å². The zero-order valence-corrected chi connectivity index (χ0v) is 15.3. The van der Waals surface area contributed by atoms with Crippen LogP contribution < -0.4 is 0 Å². The lowest BCUT2D eigenvalue weighted by Gasteiger charge is -2.16. The highest BCUT2D eigenvalue weighted by molar-refractivity contribution is 6.01. The number of carbonyl (C=O) groups excluding carboxylic acids is 2. The first kappa shape index (κ1) is 17.8. The third kappa shape index (κ3) is 3.98. The van der Waals surface area contributed by atoms with Crippen LogP contribution in [-0.2, 0) is 9.53 Å². The van der Waals surface area contributed by atoms with E-state index in [2.05, 4.69) is 13.0 Å². The Hall–Kier alpha value is -2.00. The third-order valence-electron chi connectivity index (χ3n) is 5.35. The molecular weight excluding hydrogens is 312 g/mol. The minimum Gasteiger partial charge on any atom is -0.378 e. The number of carbonyl (C=O) groups is 2. The number of ether oxygens (including phenoxy) is 1. The summed E-state index contributed by atoms with van der Waals surface area (Å²) in [6.07, 6.45) is 4.73. The molecule has 1 aromatic rings. The van der Waals surface area contributed by atoms with Crippen molar-refractivity contribution in [2.75, 3.05) is 6.61 Å². The fourth-order valence-corrected chi connectivity index (χ4v) is 3.89. The van der Waals surface area contributed by atoms with E-state index in [1.807, 2.05) is 38.1 Å². The van der Waals surface area contributed by atoms with Crippen LogP contribution in [0.4, 0.5) is 0 Å². The lowest BCUT2D eigenvalue weighted by molar-refractivity contribution is -0.115. The van der Waals surface area contributed by atoms with Gasteiger partial charge in [-0.2, -0.15) is 0 Å². The maximum atomic E-state index is 12.5. The van der Waals surface area contributed by atoms with E-state index in [0.717, 1.165) is 35.3 Å². The van der Waals surface area contributed by atoms with Gasteiger partial charge in [0, 0.05) is 30.9 Å². The van der Waals surface area contributed by atoms with Crippen molar-refractivity contribution in [1.29, 1.82) is 0 Å². The first-order valence-corrected chi connectivity index (χ1v) is 9.10. The minimum atomic E-state index is 0.0987. The molecule has 0 aromatic heterocycles. The maximum absolute atomic E-state index is 12.5. The first-order chi connectivity index (χ1) is 12.0. The lowest BCUT2D eigenvalue weighted by atomic mass is 9.88. The van der Waals surface area contributed by atoms with Gasteiger partial charge in [0.2, 0.25) is 0 Å². The average Bonchev–Trinajstić information content (AvgIpc) is 3.00. The van der Waals surface area contributed by atoms with E-state index < -0.39 is 0 Å². The second kappa shape index (κ2) is 7.49. The highest BCUT2D eigenvalue weighted by Gasteiger charge is 2.25. The first-order valence-electron chi connectivity index (χ1n) is 9.10. The molecule has 0 radical (unpaired) electrons. The van der Waals surface area contributed by atoms with Gasteiger partial charge in [0.1, 0.15) is 0 Å². The summed E-state index contributed by atoms with van der Waals surface area (Å²) in [5.74, 6) is 0.685. The summed E-state index contributed by atoms with van der Waals surface area (Å²) in [5, 5.41) is 0. The standard InChI is InChI=1S/C22H26O3/c1-14-12-15(2)19(22(24)13-14)8-9-21(23)18-6-4-17(5-7-18)20-10-11-25-16(20)3/h4-7,12,16,20H,8-11,13H2,1-3H3. The second-order valence-corrected chi connectivity index (χ2v) is 7.27. The van der Waals surface area contributed by atoms with Gasteiger partial charge in [-0.15, -0.1) is 0 Å². The molecule has 132 valence electrons. The van der Waals surface area contributed by atoms with Gasteiger partial charge in [0.05, 0.1) is 6.10 Å². The topological polar surface area (TPSA) is 43.4 Å². The van der Waals surface area contributed by atoms with Crippen LogP contribution in [0.5, 0.6) is 0 Å². The molecular formula is C22H26O3. The van der Waals surface area contributed by atoms with Gasteiger partial charge in [-0.25, -0.2) is 0 Å². The van der Waals surface area contributed by atoms with Crippen LogP contribution in [0.25, 0.3) is 0 Å². The van der Waals surface area contributed by atoms with Gasteiger partial charge >= 0.3 is 0 Å². The van der Waals surface area contributed by atoms with Crippen molar-refractivity contribution in [3.05, 3.63) is 58.2 Å². The quantitative estimate of drug-likeness (QED) is 0.726. The molecule has 2 aliphatic rings. The molecule has 3 nitrogen and oxygen atoms in total. The molecule has 0 saturated carbocycles. The summed E-state index contributed by atoms with van der Waals surface area (Å²) >= 11 is 0. The molecule has 1 aromatic carbocycles. The van der Waals surface area contributed by atoms with Gasteiger partial charge in [0.25, 0.3) is 0 Å². The normalized spacial score (nSPS) is 23.8. The molecule has 25 heavy (non-hydrogen) atoms. The largest absolute Gasteiger partial charge is 0.378 e. The second-order valence-electron chi connectivity index (χ2n) is 7.27. The molecule has 1 heterocycles. The average molecular weight is 338 g/mol. The number of Topliss-reactive ketones (excluding diaryl/α,β-unsaturated/α-hetero) is 2. The van der Waals surface area contributed by atoms with E-state index in [0.29, 0.717) is 25.2 Å².